The highest BCUT2D eigenvalue weighted by molar-refractivity contribution is 6.31. The summed E-state index contributed by atoms with van der Waals surface area (Å²) in [6.07, 6.45) is 3.65. The van der Waals surface area contributed by atoms with Crippen LogP contribution in [0.25, 0.3) is 0 Å². The van der Waals surface area contributed by atoms with E-state index in [2.05, 4.69) is 34.1 Å². The molecule has 2 aliphatic rings. The van der Waals surface area contributed by atoms with Crippen molar-refractivity contribution in [3.8, 4) is 0 Å². The SMILES string of the molecule is CCCC(=O)N1CCCN(Cc2ccccc2)CCN(C(=O)C2CCN(Cc3ccc(F)cc3)CC2)Cc2ccc(Cl)cc21. The number of anilines is 1. The first-order valence-corrected chi connectivity index (χ1v) is 16.4. The number of hydrogen-bond acceptors (Lipinski definition) is 4. The van der Waals surface area contributed by atoms with Crippen LogP contribution in [0.15, 0.2) is 72.8 Å². The van der Waals surface area contributed by atoms with Crippen LogP contribution in [0.5, 0.6) is 0 Å². The number of piperidine rings is 1. The average Bonchev–Trinajstić information content (AvgIpc) is 3.06. The Labute approximate surface area is 266 Å². The van der Waals surface area contributed by atoms with Gasteiger partial charge in [0.05, 0.1) is 5.69 Å². The molecule has 6 nitrogen and oxygen atoms in total. The van der Waals surface area contributed by atoms with E-state index in [0.29, 0.717) is 31.1 Å². The minimum atomic E-state index is -0.224. The molecule has 234 valence electrons. The first-order chi connectivity index (χ1) is 21.4. The first kappa shape index (κ1) is 32.1. The Morgan fingerprint density at radius 1 is 0.818 bits per heavy atom. The highest BCUT2D eigenvalue weighted by Gasteiger charge is 2.30. The summed E-state index contributed by atoms with van der Waals surface area (Å²) in [7, 11) is 0. The maximum absolute atomic E-state index is 14.2. The Bertz CT molecular complexity index is 1380. The van der Waals surface area contributed by atoms with E-state index in [9.17, 15) is 14.0 Å². The molecule has 0 spiro atoms. The van der Waals surface area contributed by atoms with Crippen molar-refractivity contribution in [1.82, 2.24) is 14.7 Å². The zero-order valence-electron chi connectivity index (χ0n) is 25.8. The molecule has 2 aliphatic heterocycles. The number of rotatable bonds is 7. The number of benzene rings is 3. The minimum absolute atomic E-state index is 0.0549. The molecule has 0 aromatic heterocycles. The molecular formula is C36H44ClFN4O2. The summed E-state index contributed by atoms with van der Waals surface area (Å²) in [5.74, 6) is -0.00719. The van der Waals surface area contributed by atoms with Crippen LogP contribution in [0.3, 0.4) is 0 Å². The van der Waals surface area contributed by atoms with Gasteiger partial charge in [-0.05, 0) is 79.7 Å². The summed E-state index contributed by atoms with van der Waals surface area (Å²) in [5.41, 5.74) is 4.10. The number of carbonyl (C=O) groups excluding carboxylic acids is 2. The van der Waals surface area contributed by atoms with Crippen LogP contribution >= 0.6 is 11.6 Å². The van der Waals surface area contributed by atoms with Gasteiger partial charge in [0.15, 0.2) is 0 Å². The molecule has 0 atom stereocenters. The second-order valence-corrected chi connectivity index (χ2v) is 12.6. The second-order valence-electron chi connectivity index (χ2n) is 12.1. The molecule has 0 N–H and O–H groups in total. The van der Waals surface area contributed by atoms with E-state index in [1.165, 1.54) is 17.7 Å². The Morgan fingerprint density at radius 2 is 1.50 bits per heavy atom. The summed E-state index contributed by atoms with van der Waals surface area (Å²) in [6.45, 7) is 8.49. The topological polar surface area (TPSA) is 47.1 Å². The van der Waals surface area contributed by atoms with Crippen LogP contribution in [-0.2, 0) is 29.2 Å². The summed E-state index contributed by atoms with van der Waals surface area (Å²) in [4.78, 5) is 36.3. The lowest BCUT2D eigenvalue weighted by atomic mass is 9.94. The molecule has 0 radical (unpaired) electrons. The molecule has 0 bridgehead atoms. The van der Waals surface area contributed by atoms with Crippen LogP contribution < -0.4 is 4.90 Å². The van der Waals surface area contributed by atoms with Gasteiger partial charge in [0.1, 0.15) is 5.82 Å². The van der Waals surface area contributed by atoms with Crippen molar-refractivity contribution in [2.45, 2.75) is 58.7 Å². The molecule has 3 aromatic carbocycles. The zero-order valence-corrected chi connectivity index (χ0v) is 26.5. The molecule has 1 fully saturated rings. The molecule has 2 heterocycles. The summed E-state index contributed by atoms with van der Waals surface area (Å²) >= 11 is 6.49. The summed E-state index contributed by atoms with van der Waals surface area (Å²) in [5, 5.41) is 0.588. The molecule has 0 aliphatic carbocycles. The predicted octanol–water partition coefficient (Wildman–Crippen LogP) is 6.76. The maximum Gasteiger partial charge on any atom is 0.226 e. The van der Waals surface area contributed by atoms with Gasteiger partial charge in [-0.2, -0.15) is 0 Å². The van der Waals surface area contributed by atoms with Gasteiger partial charge in [-0.15, -0.1) is 0 Å². The number of fused-ring (bicyclic) bond motifs is 1. The monoisotopic (exact) mass is 618 g/mol. The van der Waals surface area contributed by atoms with E-state index in [1.54, 1.807) is 0 Å². The van der Waals surface area contributed by atoms with Crippen molar-refractivity contribution in [2.24, 2.45) is 5.92 Å². The fourth-order valence-corrected chi connectivity index (χ4v) is 6.56. The lowest BCUT2D eigenvalue weighted by Gasteiger charge is -2.35. The Kier molecular flexibility index (Phi) is 11.4. The van der Waals surface area contributed by atoms with Crippen molar-refractivity contribution in [1.29, 1.82) is 0 Å². The molecule has 8 heteroatoms. The molecular weight excluding hydrogens is 575 g/mol. The van der Waals surface area contributed by atoms with Gasteiger partial charge in [-0.1, -0.05) is 67.1 Å². The van der Waals surface area contributed by atoms with Crippen molar-refractivity contribution >= 4 is 29.1 Å². The van der Waals surface area contributed by atoms with Gasteiger partial charge in [-0.25, -0.2) is 4.39 Å². The largest absolute Gasteiger partial charge is 0.337 e. The van der Waals surface area contributed by atoms with Gasteiger partial charge in [0, 0.05) is 63.2 Å². The Morgan fingerprint density at radius 3 is 2.20 bits per heavy atom. The molecule has 0 unspecified atom stereocenters. The van der Waals surface area contributed by atoms with Crippen molar-refractivity contribution in [3.05, 3.63) is 100 Å². The van der Waals surface area contributed by atoms with Crippen LogP contribution in [0.4, 0.5) is 10.1 Å². The molecule has 0 saturated carbocycles. The van der Waals surface area contributed by atoms with E-state index in [0.717, 1.165) is 81.8 Å². The van der Waals surface area contributed by atoms with E-state index in [4.69, 9.17) is 11.6 Å². The second kappa shape index (κ2) is 15.6. The third-order valence-electron chi connectivity index (χ3n) is 8.82. The number of hydrogen-bond donors (Lipinski definition) is 0. The standard InChI is InChI=1S/C36H44ClFN4O2/c1-2-7-35(43)42-19-6-18-39(25-28-8-4-3-5-9-28)22-23-41(27-31-12-13-32(37)24-34(31)42)36(44)30-16-20-40(21-17-30)26-29-10-14-33(38)15-11-29/h3-5,8-15,24,30H,2,6-7,16-23,25-27H2,1H3. The minimum Gasteiger partial charge on any atom is -0.337 e. The van der Waals surface area contributed by atoms with Gasteiger partial charge in [0.2, 0.25) is 11.8 Å². The van der Waals surface area contributed by atoms with Gasteiger partial charge < -0.3 is 9.80 Å². The predicted molar refractivity (Wildman–Crippen MR) is 175 cm³/mol. The fourth-order valence-electron chi connectivity index (χ4n) is 6.39. The lowest BCUT2D eigenvalue weighted by Crippen LogP contribution is -2.44. The molecule has 2 amide bonds. The zero-order chi connectivity index (χ0) is 30.9. The quantitative estimate of drug-likeness (QED) is 0.294. The van der Waals surface area contributed by atoms with Crippen molar-refractivity contribution in [3.63, 3.8) is 0 Å². The smallest absolute Gasteiger partial charge is 0.226 e. The van der Waals surface area contributed by atoms with Crippen LogP contribution in [0.2, 0.25) is 5.02 Å². The molecule has 5 rings (SSSR count). The van der Waals surface area contributed by atoms with Crippen molar-refractivity contribution in [2.75, 3.05) is 44.2 Å². The molecule has 3 aromatic rings. The summed E-state index contributed by atoms with van der Waals surface area (Å²) in [6, 6.07) is 22.8. The third kappa shape index (κ3) is 8.68. The summed E-state index contributed by atoms with van der Waals surface area (Å²) < 4.78 is 13.4. The number of nitrogens with zero attached hydrogens (tertiary/aromatic N) is 4. The van der Waals surface area contributed by atoms with Crippen LogP contribution in [0.1, 0.15) is 55.7 Å². The van der Waals surface area contributed by atoms with Gasteiger partial charge >= 0.3 is 0 Å². The number of halogens is 2. The maximum atomic E-state index is 14.2. The van der Waals surface area contributed by atoms with Crippen LogP contribution in [0, 0.1) is 11.7 Å². The van der Waals surface area contributed by atoms with Gasteiger partial charge in [0.25, 0.3) is 0 Å². The van der Waals surface area contributed by atoms with Gasteiger partial charge in [-0.3, -0.25) is 19.4 Å². The highest BCUT2D eigenvalue weighted by atomic mass is 35.5. The van der Waals surface area contributed by atoms with Crippen molar-refractivity contribution < 1.29 is 14.0 Å². The average molecular weight is 619 g/mol. The lowest BCUT2D eigenvalue weighted by molar-refractivity contribution is -0.138. The Hall–Kier alpha value is -3.26. The van der Waals surface area contributed by atoms with E-state index < -0.39 is 0 Å². The van der Waals surface area contributed by atoms with E-state index >= 15 is 0 Å². The number of amides is 2. The fraction of sp³-hybridized carbons (Fsp3) is 0.444. The van der Waals surface area contributed by atoms with E-state index in [-0.39, 0.29) is 23.5 Å². The first-order valence-electron chi connectivity index (χ1n) is 16.0. The van der Waals surface area contributed by atoms with E-state index in [1.807, 2.05) is 53.1 Å². The number of carbonyl (C=O) groups is 2. The van der Waals surface area contributed by atoms with Crippen LogP contribution in [-0.4, -0.2) is 65.8 Å². The third-order valence-corrected chi connectivity index (χ3v) is 9.06. The number of likely N-dealkylation sites (tertiary alicyclic amines) is 1. The highest BCUT2D eigenvalue weighted by Crippen LogP contribution is 2.30. The Balaban J connectivity index is 1.35. The molecule has 44 heavy (non-hydrogen) atoms. The molecule has 1 saturated heterocycles. The normalized spacial score (nSPS) is 17.6.